The summed E-state index contributed by atoms with van der Waals surface area (Å²) in [6.45, 7) is 12.5. The van der Waals surface area contributed by atoms with E-state index < -0.39 is 113 Å². The summed E-state index contributed by atoms with van der Waals surface area (Å²) in [6, 6.07) is 0. The van der Waals surface area contributed by atoms with E-state index in [1.54, 1.807) is 13.8 Å². The first-order valence-electron chi connectivity index (χ1n) is 17.4. The average molecular weight is 697 g/mol. The van der Waals surface area contributed by atoms with Gasteiger partial charge in [-0.2, -0.15) is 0 Å². The molecule has 0 radical (unpaired) electrons. The molecule has 0 bridgehead atoms. The molecule has 1 aliphatic heterocycles. The number of carbonyl (C=O) groups is 3. The Bertz CT molecular complexity index is 1380. The van der Waals surface area contributed by atoms with Gasteiger partial charge >= 0.3 is 0 Å². The van der Waals surface area contributed by atoms with Crippen molar-refractivity contribution in [3.63, 3.8) is 0 Å². The summed E-state index contributed by atoms with van der Waals surface area (Å²) in [4.78, 5) is 42.2. The molecule has 13 nitrogen and oxygen atoms in total. The lowest BCUT2D eigenvalue weighted by molar-refractivity contribution is -0.311. The number of allylic oxidation sites excluding steroid dienone is 2. The molecule has 4 aliphatic carbocycles. The first-order chi connectivity index (χ1) is 22.3. The van der Waals surface area contributed by atoms with E-state index in [0.29, 0.717) is 6.42 Å². The Kier molecular flexibility index (Phi) is 9.61. The number of carbonyl (C=O) groups excluding carboxylic acids is 3. The second-order valence-corrected chi connectivity index (χ2v) is 17.5. The van der Waals surface area contributed by atoms with Gasteiger partial charge in [-0.15, -0.1) is 0 Å². The first-order valence-corrected chi connectivity index (χ1v) is 17.4. The van der Waals surface area contributed by atoms with Crippen LogP contribution in [0.25, 0.3) is 0 Å². The number of hydrogen-bond acceptors (Lipinski definition) is 13. The molecule has 5 aliphatic rings. The van der Waals surface area contributed by atoms with E-state index in [0.717, 1.165) is 5.57 Å². The fourth-order valence-corrected chi connectivity index (χ4v) is 10.6. The van der Waals surface area contributed by atoms with E-state index in [9.17, 15) is 55.2 Å². The molecule has 0 spiro atoms. The van der Waals surface area contributed by atoms with E-state index >= 15 is 0 Å². The monoisotopic (exact) mass is 696 g/mol. The minimum atomic E-state index is -2.13. The van der Waals surface area contributed by atoms with Crippen LogP contribution in [0.15, 0.2) is 11.6 Å². The molecule has 8 N–H and O–H groups in total. The lowest BCUT2D eigenvalue weighted by Gasteiger charge is -2.64. The van der Waals surface area contributed by atoms with E-state index in [2.05, 4.69) is 0 Å². The largest absolute Gasteiger partial charge is 0.394 e. The summed E-state index contributed by atoms with van der Waals surface area (Å²) in [7, 11) is 0. The highest BCUT2D eigenvalue weighted by molar-refractivity contribution is 5.95. The number of ketones is 3. The molecule has 4 fully saturated rings. The van der Waals surface area contributed by atoms with Crippen molar-refractivity contribution in [1.29, 1.82) is 0 Å². The fourth-order valence-electron chi connectivity index (χ4n) is 10.6. The third-order valence-corrected chi connectivity index (χ3v) is 13.9. The fraction of sp³-hybridized carbons (Fsp3) is 0.861. The Balaban J connectivity index is 1.49. The van der Waals surface area contributed by atoms with Gasteiger partial charge in [0, 0.05) is 29.6 Å². The van der Waals surface area contributed by atoms with Crippen molar-refractivity contribution in [1.82, 2.24) is 0 Å². The molecule has 278 valence electrons. The Morgan fingerprint density at radius 2 is 1.61 bits per heavy atom. The maximum absolute atomic E-state index is 14.7. The van der Waals surface area contributed by atoms with Crippen molar-refractivity contribution < 1.29 is 64.7 Å². The van der Waals surface area contributed by atoms with Gasteiger partial charge < -0.3 is 50.3 Å². The number of hydrogen-bond donors (Lipinski definition) is 8. The number of aliphatic hydroxyl groups is 8. The summed E-state index contributed by atoms with van der Waals surface area (Å²) < 4.78 is 11.6. The second-order valence-electron chi connectivity index (χ2n) is 17.5. The van der Waals surface area contributed by atoms with Gasteiger partial charge in [-0.1, -0.05) is 32.4 Å². The minimum absolute atomic E-state index is 0.0473. The third kappa shape index (κ3) is 5.53. The lowest BCUT2D eigenvalue weighted by atomic mass is 9.38. The highest BCUT2D eigenvalue weighted by atomic mass is 16.7. The van der Waals surface area contributed by atoms with Crippen molar-refractivity contribution >= 4 is 17.3 Å². The van der Waals surface area contributed by atoms with Crippen molar-refractivity contribution in [2.75, 3.05) is 6.61 Å². The van der Waals surface area contributed by atoms with Gasteiger partial charge in [-0.05, 0) is 76.5 Å². The third-order valence-electron chi connectivity index (χ3n) is 13.9. The molecule has 0 aromatic heterocycles. The van der Waals surface area contributed by atoms with Crippen molar-refractivity contribution in [2.45, 2.75) is 148 Å². The molecule has 49 heavy (non-hydrogen) atoms. The van der Waals surface area contributed by atoms with Crippen LogP contribution in [0.3, 0.4) is 0 Å². The quantitative estimate of drug-likeness (QED) is 0.156. The molecular weight excluding hydrogens is 640 g/mol. The van der Waals surface area contributed by atoms with Gasteiger partial charge in [0.1, 0.15) is 41.9 Å². The summed E-state index contributed by atoms with van der Waals surface area (Å²) in [5.74, 6) is -3.16. The van der Waals surface area contributed by atoms with Crippen molar-refractivity contribution in [3.8, 4) is 0 Å². The van der Waals surface area contributed by atoms with E-state index in [1.165, 1.54) is 20.8 Å². The molecule has 0 amide bonds. The van der Waals surface area contributed by atoms with Gasteiger partial charge in [0.15, 0.2) is 17.9 Å². The van der Waals surface area contributed by atoms with Crippen LogP contribution in [0.5, 0.6) is 0 Å². The predicted octanol–water partition coefficient (Wildman–Crippen LogP) is -0.0525. The summed E-state index contributed by atoms with van der Waals surface area (Å²) >= 11 is 0. The molecule has 0 aromatic carbocycles. The van der Waals surface area contributed by atoms with Gasteiger partial charge in [-0.25, -0.2) is 0 Å². The van der Waals surface area contributed by atoms with Crippen LogP contribution in [-0.2, 0) is 23.9 Å². The topological polar surface area (TPSA) is 232 Å². The second kappa shape index (κ2) is 12.2. The van der Waals surface area contributed by atoms with Crippen LogP contribution in [-0.4, -0.2) is 125 Å². The summed E-state index contributed by atoms with van der Waals surface area (Å²) in [5.41, 5.74) is -6.94. The van der Waals surface area contributed by atoms with Gasteiger partial charge in [0.2, 0.25) is 0 Å². The maximum atomic E-state index is 14.7. The Morgan fingerprint density at radius 3 is 2.18 bits per heavy atom. The van der Waals surface area contributed by atoms with Gasteiger partial charge in [-0.3, -0.25) is 14.4 Å². The van der Waals surface area contributed by atoms with Gasteiger partial charge in [0.25, 0.3) is 0 Å². The molecule has 5 rings (SSSR count). The minimum Gasteiger partial charge on any atom is -0.394 e. The number of rotatable bonds is 8. The number of aliphatic hydroxyl groups excluding tert-OH is 6. The molecule has 15 atom stereocenters. The van der Waals surface area contributed by atoms with Crippen LogP contribution in [0.2, 0.25) is 0 Å². The van der Waals surface area contributed by atoms with Gasteiger partial charge in [0.05, 0.1) is 24.4 Å². The summed E-state index contributed by atoms with van der Waals surface area (Å²) in [6.07, 6.45) is -9.59. The predicted molar refractivity (Wildman–Crippen MR) is 172 cm³/mol. The first kappa shape index (κ1) is 38.6. The van der Waals surface area contributed by atoms with E-state index in [-0.39, 0.29) is 36.7 Å². The van der Waals surface area contributed by atoms with Crippen molar-refractivity contribution in [2.24, 2.45) is 39.4 Å². The Labute approximate surface area is 287 Å². The van der Waals surface area contributed by atoms with Crippen LogP contribution in [0.1, 0.15) is 87.5 Å². The van der Waals surface area contributed by atoms with Crippen LogP contribution in [0, 0.1) is 39.4 Å². The van der Waals surface area contributed by atoms with E-state index in [1.807, 2.05) is 26.8 Å². The van der Waals surface area contributed by atoms with Crippen LogP contribution >= 0.6 is 0 Å². The standard InChI is InChI=1S/C36H56O13/c1-31(2)16-9-10-21-33(5)13-18(38)28(36(8,47)23(40)12-22(39)32(3,4)46)34(33,6)14-24(41)35(21,7)17(16)11-19(29(31)45)48-30-27(44)26(43)25(42)20(15-37)49-30/h9,17-22,25-28,30,37-39,42-44,46-47H,10-15H2,1-8H3. The highest BCUT2D eigenvalue weighted by Gasteiger charge is 2.75. The molecular formula is C36H56O13. The molecule has 0 aromatic rings. The van der Waals surface area contributed by atoms with Crippen LogP contribution in [0.4, 0.5) is 0 Å². The number of fused-ring (bicyclic) bond motifs is 5. The Hall–Kier alpha value is -1.65. The SMILES string of the molecule is CC1(C)C(=O)C(OC2OC(CO)C(O)C(O)C2O)CC2C1=CCC1C2(C)C(=O)CC2(C)C(C(C)(O)C(=O)CC(O)C(C)(C)O)C(O)CC12C. The molecule has 1 heterocycles. The number of ether oxygens (including phenoxy) is 2. The highest BCUT2D eigenvalue weighted by Crippen LogP contribution is 2.74. The number of Topliss-reactive ketones (excluding diaryl/α,β-unsaturated/α-hetero) is 3. The lowest BCUT2D eigenvalue weighted by Crippen LogP contribution is -2.66. The van der Waals surface area contributed by atoms with Crippen molar-refractivity contribution in [3.05, 3.63) is 11.6 Å². The van der Waals surface area contributed by atoms with E-state index in [4.69, 9.17) is 9.47 Å². The maximum Gasteiger partial charge on any atom is 0.187 e. The zero-order chi connectivity index (χ0) is 37.0. The van der Waals surface area contributed by atoms with Crippen LogP contribution < -0.4 is 0 Å². The molecule has 15 unspecified atom stereocenters. The molecule has 13 heteroatoms. The molecule has 1 saturated heterocycles. The Morgan fingerprint density at radius 1 is 1.00 bits per heavy atom. The summed E-state index contributed by atoms with van der Waals surface area (Å²) in [5, 5.41) is 85.1. The molecule has 3 saturated carbocycles. The zero-order valence-corrected chi connectivity index (χ0v) is 29.8. The smallest absolute Gasteiger partial charge is 0.187 e. The zero-order valence-electron chi connectivity index (χ0n) is 29.8. The normalized spacial score (nSPS) is 47.0. The average Bonchev–Trinajstić information content (AvgIpc) is 3.20.